The number of para-hydroxylation sites is 1. The number of carbonyl (C=O) groups is 1. The highest BCUT2D eigenvalue weighted by Gasteiger charge is 2.45. The van der Waals surface area contributed by atoms with Crippen LogP contribution in [0.25, 0.3) is 0 Å². The quantitative estimate of drug-likeness (QED) is 0.933. The maximum atomic E-state index is 13.0. The number of ether oxygens (including phenoxy) is 1. The number of carbonyl (C=O) groups excluding carboxylic acids is 1. The number of piperidine rings is 1. The van der Waals surface area contributed by atoms with E-state index in [0.717, 1.165) is 50.9 Å². The minimum Gasteiger partial charge on any atom is -0.373 e. The summed E-state index contributed by atoms with van der Waals surface area (Å²) in [5.74, 6) is 0.529. The molecule has 0 bridgehead atoms. The Kier molecular flexibility index (Phi) is 4.12. The van der Waals surface area contributed by atoms with Crippen LogP contribution in [0.5, 0.6) is 0 Å². The fraction of sp³-hybridized carbons (Fsp3) is 0.632. The third-order valence-electron chi connectivity index (χ3n) is 5.80. The second-order valence-corrected chi connectivity index (χ2v) is 7.27. The fourth-order valence-corrected chi connectivity index (χ4v) is 4.18. The highest BCUT2D eigenvalue weighted by atomic mass is 16.5. The summed E-state index contributed by atoms with van der Waals surface area (Å²) in [5, 5.41) is 3.41. The van der Waals surface area contributed by atoms with Crippen LogP contribution < -0.4 is 10.2 Å². The zero-order valence-electron chi connectivity index (χ0n) is 13.7. The number of anilines is 1. The molecule has 1 atom stereocenters. The molecule has 1 saturated carbocycles. The molecule has 3 fully saturated rings. The van der Waals surface area contributed by atoms with Crippen LogP contribution in [0.1, 0.15) is 38.5 Å². The van der Waals surface area contributed by atoms with Crippen molar-refractivity contribution in [3.63, 3.8) is 0 Å². The summed E-state index contributed by atoms with van der Waals surface area (Å²) in [6, 6.07) is 10.4. The number of benzene rings is 1. The van der Waals surface area contributed by atoms with Gasteiger partial charge in [0.2, 0.25) is 5.91 Å². The summed E-state index contributed by atoms with van der Waals surface area (Å²) in [6.07, 6.45) is 6.38. The van der Waals surface area contributed by atoms with Crippen molar-refractivity contribution in [2.75, 3.05) is 24.6 Å². The molecule has 124 valence electrons. The molecule has 1 aliphatic carbocycles. The van der Waals surface area contributed by atoms with Crippen LogP contribution in [0.2, 0.25) is 0 Å². The molecule has 4 rings (SSSR count). The lowest BCUT2D eigenvalue weighted by Gasteiger charge is -2.36. The number of hydrogen-bond acceptors (Lipinski definition) is 3. The van der Waals surface area contributed by atoms with Gasteiger partial charge < -0.3 is 15.0 Å². The maximum Gasteiger partial charge on any atom is 0.230 e. The van der Waals surface area contributed by atoms with Crippen LogP contribution in [-0.4, -0.2) is 37.2 Å². The molecule has 1 N–H and O–H groups in total. The van der Waals surface area contributed by atoms with Crippen molar-refractivity contribution in [3.05, 3.63) is 30.3 Å². The van der Waals surface area contributed by atoms with E-state index >= 15 is 0 Å². The Bertz CT molecular complexity index is 550. The van der Waals surface area contributed by atoms with Gasteiger partial charge >= 0.3 is 0 Å². The Morgan fingerprint density at radius 3 is 2.57 bits per heavy atom. The molecule has 1 spiro atoms. The highest BCUT2D eigenvalue weighted by Crippen LogP contribution is 2.39. The minimum atomic E-state index is -0.0111. The van der Waals surface area contributed by atoms with Crippen molar-refractivity contribution in [2.45, 2.75) is 50.2 Å². The Hall–Kier alpha value is -1.39. The zero-order chi connectivity index (χ0) is 15.7. The predicted molar refractivity (Wildman–Crippen MR) is 90.5 cm³/mol. The second kappa shape index (κ2) is 6.25. The normalized spacial score (nSPS) is 26.9. The molecule has 2 saturated heterocycles. The van der Waals surface area contributed by atoms with E-state index in [1.165, 1.54) is 6.42 Å². The molecule has 2 aliphatic heterocycles. The van der Waals surface area contributed by atoms with Crippen molar-refractivity contribution in [2.24, 2.45) is 5.92 Å². The Labute approximate surface area is 138 Å². The molecule has 0 aromatic heterocycles. The Morgan fingerprint density at radius 2 is 1.91 bits per heavy atom. The van der Waals surface area contributed by atoms with E-state index in [4.69, 9.17) is 4.74 Å². The fourth-order valence-electron chi connectivity index (χ4n) is 4.18. The first-order valence-electron chi connectivity index (χ1n) is 9.00. The average molecular weight is 314 g/mol. The number of rotatable bonds is 3. The zero-order valence-corrected chi connectivity index (χ0v) is 13.7. The smallest absolute Gasteiger partial charge is 0.230 e. The maximum absolute atomic E-state index is 13.0. The van der Waals surface area contributed by atoms with Crippen LogP contribution in [-0.2, 0) is 9.53 Å². The lowest BCUT2D eigenvalue weighted by molar-refractivity contribution is -0.125. The first-order chi connectivity index (χ1) is 11.3. The SMILES string of the molecule is O=C(C1CCC1)N(c1ccccc1)[C@H]1COC2(CCNCC2)C1. The van der Waals surface area contributed by atoms with Gasteiger partial charge in [-0.15, -0.1) is 0 Å². The van der Waals surface area contributed by atoms with Gasteiger partial charge in [-0.2, -0.15) is 0 Å². The lowest BCUT2D eigenvalue weighted by Crippen LogP contribution is -2.47. The standard InChI is InChI=1S/C19H26N2O2/c22-18(15-5-4-6-15)21(16-7-2-1-3-8-16)17-13-19(23-14-17)9-11-20-12-10-19/h1-3,7-8,15,17,20H,4-6,9-14H2/t17-/m1/s1. The van der Waals surface area contributed by atoms with E-state index in [-0.39, 0.29) is 17.6 Å². The monoisotopic (exact) mass is 314 g/mol. The van der Waals surface area contributed by atoms with Crippen molar-refractivity contribution < 1.29 is 9.53 Å². The van der Waals surface area contributed by atoms with Crippen LogP contribution in [0.4, 0.5) is 5.69 Å². The van der Waals surface area contributed by atoms with E-state index < -0.39 is 0 Å². The topological polar surface area (TPSA) is 41.6 Å². The Morgan fingerprint density at radius 1 is 1.17 bits per heavy atom. The van der Waals surface area contributed by atoms with Crippen molar-refractivity contribution in [1.29, 1.82) is 0 Å². The summed E-state index contributed by atoms with van der Waals surface area (Å²) < 4.78 is 6.24. The first kappa shape index (κ1) is 15.2. The van der Waals surface area contributed by atoms with Crippen LogP contribution >= 0.6 is 0 Å². The molecule has 1 aromatic carbocycles. The van der Waals surface area contributed by atoms with Gasteiger partial charge in [-0.1, -0.05) is 24.6 Å². The van der Waals surface area contributed by atoms with E-state index in [9.17, 15) is 4.79 Å². The molecule has 3 aliphatic rings. The second-order valence-electron chi connectivity index (χ2n) is 7.27. The largest absolute Gasteiger partial charge is 0.373 e. The van der Waals surface area contributed by atoms with Gasteiger partial charge in [0.1, 0.15) is 0 Å². The average Bonchev–Trinajstić information content (AvgIpc) is 2.91. The molecule has 1 aromatic rings. The van der Waals surface area contributed by atoms with Crippen molar-refractivity contribution in [3.8, 4) is 0 Å². The number of amides is 1. The molecule has 0 unspecified atom stereocenters. The molecule has 4 heteroatoms. The highest BCUT2D eigenvalue weighted by molar-refractivity contribution is 5.96. The predicted octanol–water partition coefficient (Wildman–Crippen LogP) is 2.73. The first-order valence-corrected chi connectivity index (χ1v) is 9.00. The Balaban J connectivity index is 1.57. The van der Waals surface area contributed by atoms with Gasteiger partial charge in [0.25, 0.3) is 0 Å². The molecule has 1 amide bonds. The van der Waals surface area contributed by atoms with E-state index in [1.54, 1.807) is 0 Å². The number of hydrogen-bond donors (Lipinski definition) is 1. The van der Waals surface area contributed by atoms with Gasteiger partial charge in [0.15, 0.2) is 0 Å². The minimum absolute atomic E-state index is 0.0111. The summed E-state index contributed by atoms with van der Waals surface area (Å²) in [5.41, 5.74) is 1.02. The molecule has 0 radical (unpaired) electrons. The van der Waals surface area contributed by atoms with Gasteiger partial charge in [-0.25, -0.2) is 0 Å². The van der Waals surface area contributed by atoms with Gasteiger partial charge in [-0.05, 0) is 57.3 Å². The van der Waals surface area contributed by atoms with Crippen LogP contribution in [0.3, 0.4) is 0 Å². The molecule has 4 nitrogen and oxygen atoms in total. The number of nitrogens with zero attached hydrogens (tertiary/aromatic N) is 1. The van der Waals surface area contributed by atoms with Gasteiger partial charge in [0, 0.05) is 11.6 Å². The summed E-state index contributed by atoms with van der Waals surface area (Å²) in [7, 11) is 0. The number of nitrogens with one attached hydrogen (secondary N) is 1. The van der Waals surface area contributed by atoms with E-state index in [2.05, 4.69) is 22.3 Å². The summed E-state index contributed by atoms with van der Waals surface area (Å²) in [6.45, 7) is 2.72. The lowest BCUT2D eigenvalue weighted by atomic mass is 9.83. The molecule has 2 heterocycles. The third kappa shape index (κ3) is 2.90. The summed E-state index contributed by atoms with van der Waals surface area (Å²) in [4.78, 5) is 15.1. The van der Waals surface area contributed by atoms with Crippen LogP contribution in [0, 0.1) is 5.92 Å². The molecular formula is C19H26N2O2. The van der Waals surface area contributed by atoms with E-state index in [1.807, 2.05) is 18.2 Å². The van der Waals surface area contributed by atoms with Gasteiger partial charge in [-0.3, -0.25) is 4.79 Å². The van der Waals surface area contributed by atoms with Crippen LogP contribution in [0.15, 0.2) is 30.3 Å². The third-order valence-corrected chi connectivity index (χ3v) is 5.80. The van der Waals surface area contributed by atoms with Crippen molar-refractivity contribution >= 4 is 11.6 Å². The van der Waals surface area contributed by atoms with Gasteiger partial charge in [0.05, 0.1) is 18.2 Å². The molecule has 23 heavy (non-hydrogen) atoms. The molecular weight excluding hydrogens is 288 g/mol. The summed E-state index contributed by atoms with van der Waals surface area (Å²) >= 11 is 0. The van der Waals surface area contributed by atoms with E-state index in [0.29, 0.717) is 12.5 Å². The van der Waals surface area contributed by atoms with Crippen molar-refractivity contribution in [1.82, 2.24) is 5.32 Å².